The molecule has 31 heavy (non-hydrogen) atoms. The maximum Gasteiger partial charge on any atom is 0.274 e. The molecule has 9 heteroatoms. The van der Waals surface area contributed by atoms with Crippen LogP contribution in [0.4, 0.5) is 5.69 Å². The van der Waals surface area contributed by atoms with E-state index < -0.39 is 0 Å². The summed E-state index contributed by atoms with van der Waals surface area (Å²) in [4.78, 5) is 21.7. The summed E-state index contributed by atoms with van der Waals surface area (Å²) in [5.41, 5.74) is 5.24. The molecule has 9 nitrogen and oxygen atoms in total. The van der Waals surface area contributed by atoms with E-state index in [2.05, 4.69) is 25.5 Å². The molecule has 0 atom stereocenters. The molecule has 0 aliphatic heterocycles. The number of carbonyl (C=O) groups excluding carboxylic acids is 1. The average Bonchev–Trinajstić information content (AvgIpc) is 3.48. The second-order valence-corrected chi connectivity index (χ2v) is 7.28. The number of fused-ring (bicyclic) bond motifs is 1. The van der Waals surface area contributed by atoms with Crippen molar-refractivity contribution in [3.8, 4) is 22.6 Å². The number of rotatable bonds is 4. The van der Waals surface area contributed by atoms with Crippen molar-refractivity contribution in [1.29, 1.82) is 0 Å². The number of anilines is 1. The highest BCUT2D eigenvalue weighted by atomic mass is 16.5. The molecule has 0 bridgehead atoms. The number of hydrogen-bond donors (Lipinski definition) is 1. The van der Waals surface area contributed by atoms with E-state index >= 15 is 0 Å². The quantitative estimate of drug-likeness (QED) is 0.482. The fraction of sp³-hybridized carbons (Fsp3) is 0.136. The summed E-state index contributed by atoms with van der Waals surface area (Å²) in [7, 11) is 1.87. The van der Waals surface area contributed by atoms with Crippen molar-refractivity contribution >= 4 is 17.2 Å². The Morgan fingerprint density at radius 1 is 1.06 bits per heavy atom. The number of amides is 1. The molecule has 0 saturated heterocycles. The zero-order valence-electron chi connectivity index (χ0n) is 17.2. The molecular formula is C22H19N7O2. The number of pyridine rings is 1. The Bertz CT molecular complexity index is 1430. The van der Waals surface area contributed by atoms with Crippen molar-refractivity contribution in [2.75, 3.05) is 5.32 Å². The van der Waals surface area contributed by atoms with Crippen molar-refractivity contribution in [1.82, 2.24) is 29.3 Å². The van der Waals surface area contributed by atoms with E-state index in [0.29, 0.717) is 28.7 Å². The van der Waals surface area contributed by atoms with Crippen LogP contribution in [0.25, 0.3) is 28.3 Å². The van der Waals surface area contributed by atoms with Gasteiger partial charge in [-0.15, -0.1) is 0 Å². The summed E-state index contributed by atoms with van der Waals surface area (Å²) in [5.74, 6) is 0.699. The fourth-order valence-electron chi connectivity index (χ4n) is 3.38. The molecule has 1 aromatic carbocycles. The van der Waals surface area contributed by atoms with Gasteiger partial charge in [-0.3, -0.25) is 13.9 Å². The third kappa shape index (κ3) is 3.46. The Labute approximate surface area is 177 Å². The van der Waals surface area contributed by atoms with Gasteiger partial charge in [0.25, 0.3) is 5.91 Å². The minimum Gasteiger partial charge on any atom is -0.339 e. The minimum atomic E-state index is -0.261. The van der Waals surface area contributed by atoms with Crippen molar-refractivity contribution in [2.24, 2.45) is 7.05 Å². The Morgan fingerprint density at radius 2 is 1.94 bits per heavy atom. The molecule has 1 amide bonds. The molecule has 0 spiro atoms. The smallest absolute Gasteiger partial charge is 0.274 e. The molecule has 4 aromatic heterocycles. The molecular weight excluding hydrogens is 394 g/mol. The highest BCUT2D eigenvalue weighted by molar-refractivity contribution is 6.04. The fourth-order valence-corrected chi connectivity index (χ4v) is 3.38. The van der Waals surface area contributed by atoms with E-state index in [1.54, 1.807) is 22.2 Å². The molecule has 0 saturated carbocycles. The van der Waals surface area contributed by atoms with Crippen molar-refractivity contribution < 1.29 is 9.32 Å². The molecule has 0 aliphatic rings. The third-order valence-electron chi connectivity index (χ3n) is 5.03. The second-order valence-electron chi connectivity index (χ2n) is 7.28. The lowest BCUT2D eigenvalue weighted by atomic mass is 10.1. The molecule has 1 N–H and O–H groups in total. The first-order chi connectivity index (χ1) is 15.0. The maximum atomic E-state index is 13.0. The maximum absolute atomic E-state index is 13.0. The summed E-state index contributed by atoms with van der Waals surface area (Å²) in [5, 5.41) is 11.3. The highest BCUT2D eigenvalue weighted by Crippen LogP contribution is 2.25. The van der Waals surface area contributed by atoms with Gasteiger partial charge in [0.15, 0.2) is 0 Å². The van der Waals surface area contributed by atoms with Gasteiger partial charge in [0.05, 0.1) is 11.9 Å². The van der Waals surface area contributed by atoms with Crippen LogP contribution in [-0.4, -0.2) is 35.2 Å². The van der Waals surface area contributed by atoms with Crippen LogP contribution in [0.3, 0.4) is 0 Å². The molecule has 4 heterocycles. The summed E-state index contributed by atoms with van der Waals surface area (Å²) in [6, 6.07) is 11.4. The molecule has 0 unspecified atom stereocenters. The number of nitrogens with zero attached hydrogens (tertiary/aromatic N) is 6. The lowest BCUT2D eigenvalue weighted by Gasteiger charge is -2.09. The van der Waals surface area contributed by atoms with Crippen LogP contribution < -0.4 is 5.32 Å². The third-order valence-corrected chi connectivity index (χ3v) is 5.03. The molecule has 0 fully saturated rings. The Hall–Kier alpha value is -4.27. The second kappa shape index (κ2) is 7.21. The Morgan fingerprint density at radius 3 is 2.68 bits per heavy atom. The van der Waals surface area contributed by atoms with E-state index in [9.17, 15) is 4.79 Å². The number of hydrogen-bond acceptors (Lipinski definition) is 6. The molecule has 5 rings (SSSR count). The van der Waals surface area contributed by atoms with Gasteiger partial charge in [-0.05, 0) is 36.8 Å². The van der Waals surface area contributed by atoms with Gasteiger partial charge in [0.1, 0.15) is 11.3 Å². The predicted molar refractivity (Wildman–Crippen MR) is 115 cm³/mol. The van der Waals surface area contributed by atoms with E-state index in [1.807, 2.05) is 62.8 Å². The highest BCUT2D eigenvalue weighted by Gasteiger charge is 2.16. The number of nitrogens with one attached hydrogen (secondary N) is 1. The zero-order valence-corrected chi connectivity index (χ0v) is 17.2. The molecule has 154 valence electrons. The van der Waals surface area contributed by atoms with E-state index in [0.717, 1.165) is 22.4 Å². The number of benzene rings is 1. The molecule has 5 aromatic rings. The van der Waals surface area contributed by atoms with Gasteiger partial charge in [0, 0.05) is 43.2 Å². The van der Waals surface area contributed by atoms with Crippen LogP contribution in [-0.2, 0) is 7.05 Å². The lowest BCUT2D eigenvalue weighted by molar-refractivity contribution is 0.102. The first kappa shape index (κ1) is 18.7. The largest absolute Gasteiger partial charge is 0.339 e. The molecule has 0 radical (unpaired) electrons. The SMILES string of the molecule is Cc1nc(-c2ccc(C)c(NC(=O)c3cnc4cc(-c5ccn(C)n5)ccn34)c2)no1. The first-order valence-corrected chi connectivity index (χ1v) is 9.68. The van der Waals surface area contributed by atoms with Crippen molar-refractivity contribution in [3.63, 3.8) is 0 Å². The Kier molecular flexibility index (Phi) is 4.36. The number of imidazole rings is 1. The van der Waals surface area contributed by atoms with E-state index in [1.165, 1.54) is 0 Å². The standard InChI is InChI=1S/C22H19N7O2/c1-13-4-5-16(21-24-14(2)31-27-21)10-18(13)25-22(30)19-12-23-20-11-15(6-9-29(19)20)17-7-8-28(3)26-17/h4-12H,1-3H3,(H,25,30). The lowest BCUT2D eigenvalue weighted by Crippen LogP contribution is -2.15. The van der Waals surface area contributed by atoms with Crippen molar-refractivity contribution in [2.45, 2.75) is 13.8 Å². The number of carbonyl (C=O) groups is 1. The van der Waals surface area contributed by atoms with E-state index in [4.69, 9.17) is 4.52 Å². The molecule has 0 aliphatic carbocycles. The minimum absolute atomic E-state index is 0.261. The number of aromatic nitrogens is 6. The van der Waals surface area contributed by atoms with Crippen LogP contribution in [0.1, 0.15) is 21.9 Å². The number of aryl methyl sites for hydroxylation is 3. The van der Waals surface area contributed by atoms with Crippen LogP contribution in [0.2, 0.25) is 0 Å². The van der Waals surface area contributed by atoms with Crippen molar-refractivity contribution in [3.05, 3.63) is 72.1 Å². The zero-order chi connectivity index (χ0) is 21.5. The van der Waals surface area contributed by atoms with Gasteiger partial charge < -0.3 is 9.84 Å². The van der Waals surface area contributed by atoms with Gasteiger partial charge >= 0.3 is 0 Å². The van der Waals surface area contributed by atoms with Crippen LogP contribution in [0.5, 0.6) is 0 Å². The van der Waals surface area contributed by atoms with Crippen LogP contribution >= 0.6 is 0 Å². The summed E-state index contributed by atoms with van der Waals surface area (Å²) in [6.45, 7) is 3.66. The predicted octanol–water partition coefficient (Wildman–Crippen LogP) is 3.65. The monoisotopic (exact) mass is 413 g/mol. The first-order valence-electron chi connectivity index (χ1n) is 9.68. The van der Waals surface area contributed by atoms with Gasteiger partial charge in [0.2, 0.25) is 11.7 Å². The van der Waals surface area contributed by atoms with E-state index in [-0.39, 0.29) is 5.91 Å². The summed E-state index contributed by atoms with van der Waals surface area (Å²) >= 11 is 0. The summed E-state index contributed by atoms with van der Waals surface area (Å²) in [6.07, 6.45) is 5.28. The Balaban J connectivity index is 1.44. The van der Waals surface area contributed by atoms with Gasteiger partial charge in [-0.2, -0.15) is 10.1 Å². The normalized spacial score (nSPS) is 11.2. The summed E-state index contributed by atoms with van der Waals surface area (Å²) < 4.78 is 8.55. The topological polar surface area (TPSA) is 103 Å². The van der Waals surface area contributed by atoms with Gasteiger partial charge in [-0.1, -0.05) is 17.3 Å². The van der Waals surface area contributed by atoms with Crippen LogP contribution in [0.15, 0.2) is 59.5 Å². The average molecular weight is 413 g/mol. The van der Waals surface area contributed by atoms with Crippen LogP contribution in [0, 0.1) is 13.8 Å². The van der Waals surface area contributed by atoms with Gasteiger partial charge in [-0.25, -0.2) is 4.98 Å².